The molecule has 1 saturated heterocycles. The van der Waals surface area contributed by atoms with Crippen molar-refractivity contribution in [1.82, 2.24) is 5.32 Å². The van der Waals surface area contributed by atoms with Gasteiger partial charge in [-0.2, -0.15) is 0 Å². The topological polar surface area (TPSA) is 125 Å². The van der Waals surface area contributed by atoms with Crippen LogP contribution in [0.3, 0.4) is 0 Å². The van der Waals surface area contributed by atoms with Crippen molar-refractivity contribution in [3.05, 3.63) is 48.6 Å². The molecule has 0 unspecified atom stereocenters. The quantitative estimate of drug-likeness (QED) is 0.336. The molecular formula is C29H41NO7. The highest BCUT2D eigenvalue weighted by Crippen LogP contribution is 2.67. The highest BCUT2D eigenvalue weighted by atomic mass is 16.6. The van der Waals surface area contributed by atoms with Crippen molar-refractivity contribution in [3.63, 3.8) is 0 Å². The summed E-state index contributed by atoms with van der Waals surface area (Å²) in [6.07, 6.45) is -1.52. The molecule has 8 nitrogen and oxygen atoms in total. The maximum Gasteiger partial charge on any atom is 0.320 e. The largest absolute Gasteiger partial charge is 0.458 e. The zero-order valence-corrected chi connectivity index (χ0v) is 22.5. The number of esters is 1. The molecular weight excluding hydrogens is 474 g/mol. The molecule has 37 heavy (non-hydrogen) atoms. The van der Waals surface area contributed by atoms with E-state index < -0.39 is 63.6 Å². The first-order valence-electron chi connectivity index (χ1n) is 13.1. The molecule has 0 amide bonds. The summed E-state index contributed by atoms with van der Waals surface area (Å²) in [5, 5.41) is 38.6. The van der Waals surface area contributed by atoms with Gasteiger partial charge < -0.3 is 30.1 Å². The van der Waals surface area contributed by atoms with E-state index in [2.05, 4.69) is 11.9 Å². The predicted molar refractivity (Wildman–Crippen MR) is 137 cm³/mol. The van der Waals surface area contributed by atoms with Gasteiger partial charge in [-0.05, 0) is 37.7 Å². The number of hydrogen-bond donors (Lipinski definition) is 4. The number of carbonyl (C=O) groups is 2. The maximum atomic E-state index is 13.8. The molecule has 1 aliphatic heterocycles. The van der Waals surface area contributed by atoms with Crippen LogP contribution in [0.2, 0.25) is 0 Å². The summed E-state index contributed by atoms with van der Waals surface area (Å²) in [5.41, 5.74) is -6.26. The van der Waals surface area contributed by atoms with Crippen molar-refractivity contribution < 1.29 is 34.4 Å². The molecule has 0 radical (unpaired) electrons. The van der Waals surface area contributed by atoms with Gasteiger partial charge in [0.2, 0.25) is 0 Å². The molecule has 8 atom stereocenters. The van der Waals surface area contributed by atoms with Crippen molar-refractivity contribution >= 4 is 11.8 Å². The third-order valence-electron chi connectivity index (χ3n) is 9.45. The Balaban J connectivity index is 1.71. The van der Waals surface area contributed by atoms with E-state index in [1.165, 1.54) is 13.0 Å². The summed E-state index contributed by atoms with van der Waals surface area (Å²) < 4.78 is 12.3. The molecule has 0 aromatic heterocycles. The van der Waals surface area contributed by atoms with Gasteiger partial charge >= 0.3 is 5.97 Å². The van der Waals surface area contributed by atoms with E-state index in [4.69, 9.17) is 9.47 Å². The lowest BCUT2D eigenvalue weighted by atomic mass is 9.40. The molecule has 2 aliphatic carbocycles. The Hall–Kier alpha value is -2.10. The lowest BCUT2D eigenvalue weighted by Crippen LogP contribution is -2.86. The smallest absolute Gasteiger partial charge is 0.320 e. The van der Waals surface area contributed by atoms with E-state index in [9.17, 15) is 24.9 Å². The number of aliphatic hydroxyl groups excluding tert-OH is 2. The van der Waals surface area contributed by atoms with Crippen LogP contribution in [0, 0.1) is 16.7 Å². The van der Waals surface area contributed by atoms with Gasteiger partial charge in [0, 0.05) is 24.3 Å². The van der Waals surface area contributed by atoms with Crippen molar-refractivity contribution in [2.75, 3.05) is 6.54 Å². The number of hydrogen-bond acceptors (Lipinski definition) is 8. The molecule has 2 saturated carbocycles. The van der Waals surface area contributed by atoms with Gasteiger partial charge in [0.25, 0.3) is 0 Å². The molecule has 0 bridgehead atoms. The van der Waals surface area contributed by atoms with Crippen LogP contribution in [-0.4, -0.2) is 68.7 Å². The average molecular weight is 516 g/mol. The molecule has 204 valence electrons. The molecule has 1 aromatic rings. The van der Waals surface area contributed by atoms with E-state index >= 15 is 0 Å². The van der Waals surface area contributed by atoms with E-state index in [0.29, 0.717) is 19.4 Å². The number of ketones is 1. The van der Waals surface area contributed by atoms with Crippen LogP contribution in [0.4, 0.5) is 0 Å². The number of nitrogens with one attached hydrogen (secondary N) is 1. The van der Waals surface area contributed by atoms with Crippen molar-refractivity contribution in [1.29, 1.82) is 0 Å². The number of ether oxygens (including phenoxy) is 2. The van der Waals surface area contributed by atoms with Crippen LogP contribution >= 0.6 is 0 Å². The van der Waals surface area contributed by atoms with Gasteiger partial charge in [0.05, 0.1) is 18.2 Å². The first kappa shape index (κ1) is 27.9. The van der Waals surface area contributed by atoms with Gasteiger partial charge in [0.1, 0.15) is 17.8 Å². The second kappa shape index (κ2) is 9.27. The van der Waals surface area contributed by atoms with Crippen molar-refractivity contribution in [2.45, 2.75) is 95.5 Å². The standard InChI is InChI=1S/C29H41NO7/c1-7-26(4)15-20(32)29(35)27(5)19(31)13-14-25(2,3)23(27)22(24(34)28(29,6)37-26)36-21(33)17-30-16-18-11-9-8-10-12-18/h7-12,19,22-24,30-31,34-35H,1,13-17H2,2-6H3/t19-,22-,23-,24-,26-,27-,28+,29-/m0/s1. The molecule has 1 heterocycles. The molecule has 3 fully saturated rings. The third-order valence-corrected chi connectivity index (χ3v) is 9.45. The summed E-state index contributed by atoms with van der Waals surface area (Å²) in [7, 11) is 0. The number of benzene rings is 1. The second-order valence-corrected chi connectivity index (χ2v) is 12.3. The van der Waals surface area contributed by atoms with Gasteiger partial charge in [-0.15, -0.1) is 6.58 Å². The number of Topliss-reactive ketones (excluding diaryl/α,β-unsaturated/α-hetero) is 1. The molecule has 4 rings (SSSR count). The van der Waals surface area contributed by atoms with E-state index in [0.717, 1.165) is 5.56 Å². The number of aliphatic hydroxyl groups is 3. The van der Waals surface area contributed by atoms with Crippen LogP contribution in [0.15, 0.2) is 43.0 Å². The summed E-state index contributed by atoms with van der Waals surface area (Å²) >= 11 is 0. The average Bonchev–Trinajstić information content (AvgIpc) is 2.83. The minimum atomic E-state index is -2.22. The van der Waals surface area contributed by atoms with Crippen LogP contribution in [-0.2, 0) is 25.6 Å². The molecule has 0 spiro atoms. The number of rotatable bonds is 6. The highest BCUT2D eigenvalue weighted by Gasteiger charge is 2.81. The Morgan fingerprint density at radius 3 is 2.46 bits per heavy atom. The summed E-state index contributed by atoms with van der Waals surface area (Å²) in [6, 6.07) is 9.62. The van der Waals surface area contributed by atoms with E-state index in [-0.39, 0.29) is 13.0 Å². The first-order chi connectivity index (χ1) is 17.2. The van der Waals surface area contributed by atoms with Crippen LogP contribution in [0.5, 0.6) is 0 Å². The number of fused-ring (bicyclic) bond motifs is 3. The Bertz CT molecular complexity index is 1060. The highest BCUT2D eigenvalue weighted by molar-refractivity contribution is 5.92. The molecule has 3 aliphatic rings. The third kappa shape index (κ3) is 4.08. The van der Waals surface area contributed by atoms with Crippen molar-refractivity contribution in [3.8, 4) is 0 Å². The first-order valence-corrected chi connectivity index (χ1v) is 13.1. The normalized spacial score (nSPS) is 42.9. The zero-order valence-electron chi connectivity index (χ0n) is 22.5. The minimum absolute atomic E-state index is 0.102. The Kier molecular flexibility index (Phi) is 7.00. The lowest BCUT2D eigenvalue weighted by Gasteiger charge is -2.71. The summed E-state index contributed by atoms with van der Waals surface area (Å²) in [5.74, 6) is -1.84. The fourth-order valence-corrected chi connectivity index (χ4v) is 7.50. The lowest BCUT2D eigenvalue weighted by molar-refractivity contribution is -0.370. The fraction of sp³-hybridized carbons (Fsp3) is 0.655. The number of carbonyl (C=O) groups excluding carboxylic acids is 2. The maximum absolute atomic E-state index is 13.8. The minimum Gasteiger partial charge on any atom is -0.458 e. The summed E-state index contributed by atoms with van der Waals surface area (Å²) in [4.78, 5) is 26.8. The Morgan fingerprint density at radius 2 is 1.84 bits per heavy atom. The van der Waals surface area contributed by atoms with Crippen LogP contribution < -0.4 is 5.32 Å². The van der Waals surface area contributed by atoms with Crippen LogP contribution in [0.1, 0.15) is 59.4 Å². The Labute approximate surface area is 219 Å². The van der Waals surface area contributed by atoms with E-state index in [1.54, 1.807) is 13.8 Å². The fourth-order valence-electron chi connectivity index (χ4n) is 7.50. The zero-order chi connectivity index (χ0) is 27.4. The second-order valence-electron chi connectivity index (χ2n) is 12.3. The summed E-state index contributed by atoms with van der Waals surface area (Å²) in [6.45, 7) is 12.9. The van der Waals surface area contributed by atoms with Gasteiger partial charge in [-0.3, -0.25) is 9.59 Å². The van der Waals surface area contributed by atoms with E-state index in [1.807, 2.05) is 44.2 Å². The van der Waals surface area contributed by atoms with Gasteiger partial charge in [-0.25, -0.2) is 0 Å². The Morgan fingerprint density at radius 1 is 1.19 bits per heavy atom. The molecule has 1 aromatic carbocycles. The monoisotopic (exact) mass is 515 g/mol. The molecule has 4 N–H and O–H groups in total. The van der Waals surface area contributed by atoms with Crippen molar-refractivity contribution in [2.24, 2.45) is 16.7 Å². The SMILES string of the molecule is C=C[C@@]1(C)CC(=O)[C@]2(O)[C@@]3(C)[C@@H](O)CCC(C)(C)[C@@H]3[C@H](OC(=O)CNCc3ccccc3)[C@H](O)[C@@]2(C)O1. The van der Waals surface area contributed by atoms with Gasteiger partial charge in [0.15, 0.2) is 11.4 Å². The predicted octanol–water partition coefficient (Wildman–Crippen LogP) is 2.29. The molecule has 8 heteroatoms. The van der Waals surface area contributed by atoms with Gasteiger partial charge in [-0.1, -0.05) is 57.2 Å². The van der Waals surface area contributed by atoms with Crippen LogP contribution in [0.25, 0.3) is 0 Å².